The van der Waals surface area contributed by atoms with Gasteiger partial charge in [-0.2, -0.15) is 0 Å². The lowest BCUT2D eigenvalue weighted by atomic mass is 9.97. The normalized spacial score (nSPS) is 32.5. The van der Waals surface area contributed by atoms with Gasteiger partial charge in [0.2, 0.25) is 0 Å². The van der Waals surface area contributed by atoms with E-state index < -0.39 is 0 Å². The van der Waals surface area contributed by atoms with Crippen LogP contribution in [0.15, 0.2) is 60.7 Å². The molecule has 2 aromatic rings. The van der Waals surface area contributed by atoms with Gasteiger partial charge in [-0.15, -0.1) is 11.8 Å². The molecule has 27 heavy (non-hydrogen) atoms. The predicted molar refractivity (Wildman–Crippen MR) is 112 cm³/mol. The van der Waals surface area contributed by atoms with Crippen LogP contribution in [0.2, 0.25) is 0 Å². The first kappa shape index (κ1) is 19.0. The maximum absolute atomic E-state index is 6.43. The molecule has 1 N–H and O–H groups in total. The molecule has 1 saturated carbocycles. The molecule has 1 heterocycles. The molecule has 0 amide bonds. The zero-order valence-electron chi connectivity index (χ0n) is 16.1. The van der Waals surface area contributed by atoms with E-state index in [0.717, 1.165) is 6.61 Å². The molecule has 1 saturated heterocycles. The lowest BCUT2D eigenvalue weighted by molar-refractivity contribution is -0.00904. The zero-order chi connectivity index (χ0) is 18.6. The van der Waals surface area contributed by atoms with Crippen molar-refractivity contribution < 1.29 is 9.47 Å². The van der Waals surface area contributed by atoms with Crippen LogP contribution in [0.1, 0.15) is 25.0 Å². The Kier molecular flexibility index (Phi) is 6.18. The van der Waals surface area contributed by atoms with Crippen molar-refractivity contribution in [1.29, 1.82) is 0 Å². The number of hydrogen-bond donors (Lipinski definition) is 1. The van der Waals surface area contributed by atoms with Gasteiger partial charge in [-0.1, -0.05) is 67.6 Å². The number of nitrogens with one attached hydrogen (secondary N) is 1. The highest BCUT2D eigenvalue weighted by Gasteiger charge is 2.53. The molecule has 4 heteroatoms. The summed E-state index contributed by atoms with van der Waals surface area (Å²) in [4.78, 5) is 0. The standard InChI is InChI=1S/C23H29NO2S/c1-16-20(15-25-13-18-9-5-3-6-10-18)23-21(24-17(2)27-23)22(16)26-14-19-11-7-4-8-12-19/h3-12,16-17,20-24H,13-15H2,1-2H3. The van der Waals surface area contributed by atoms with Crippen LogP contribution in [0.25, 0.3) is 0 Å². The van der Waals surface area contributed by atoms with Gasteiger partial charge in [0.1, 0.15) is 0 Å². The van der Waals surface area contributed by atoms with Crippen LogP contribution in [-0.4, -0.2) is 29.4 Å². The topological polar surface area (TPSA) is 30.5 Å². The van der Waals surface area contributed by atoms with E-state index in [1.165, 1.54) is 11.1 Å². The minimum Gasteiger partial charge on any atom is -0.376 e. The van der Waals surface area contributed by atoms with Gasteiger partial charge >= 0.3 is 0 Å². The summed E-state index contributed by atoms with van der Waals surface area (Å²) in [6.45, 7) is 6.74. The largest absolute Gasteiger partial charge is 0.376 e. The Morgan fingerprint density at radius 3 is 2.19 bits per heavy atom. The van der Waals surface area contributed by atoms with Gasteiger partial charge in [0, 0.05) is 17.2 Å². The fraction of sp³-hybridized carbons (Fsp3) is 0.478. The third-order valence-electron chi connectivity index (χ3n) is 5.82. The van der Waals surface area contributed by atoms with Gasteiger partial charge in [0.05, 0.1) is 31.3 Å². The first-order valence-electron chi connectivity index (χ1n) is 9.91. The monoisotopic (exact) mass is 383 g/mol. The molecule has 2 fully saturated rings. The zero-order valence-corrected chi connectivity index (χ0v) is 16.9. The van der Waals surface area contributed by atoms with Crippen LogP contribution in [-0.2, 0) is 22.7 Å². The molecule has 0 bridgehead atoms. The highest BCUT2D eigenvalue weighted by atomic mass is 32.2. The number of ether oxygens (including phenoxy) is 2. The van der Waals surface area contributed by atoms with E-state index in [1.54, 1.807) is 0 Å². The van der Waals surface area contributed by atoms with E-state index >= 15 is 0 Å². The summed E-state index contributed by atoms with van der Waals surface area (Å²) in [6, 6.07) is 21.3. The van der Waals surface area contributed by atoms with Gasteiger partial charge < -0.3 is 9.47 Å². The van der Waals surface area contributed by atoms with Gasteiger partial charge in [0.15, 0.2) is 0 Å². The smallest absolute Gasteiger partial charge is 0.0773 e. The van der Waals surface area contributed by atoms with Crippen molar-refractivity contribution in [3.63, 3.8) is 0 Å². The molecule has 6 atom stereocenters. The van der Waals surface area contributed by atoms with Crippen molar-refractivity contribution in [2.75, 3.05) is 6.61 Å². The number of hydrogen-bond acceptors (Lipinski definition) is 4. The second kappa shape index (κ2) is 8.78. The second-order valence-electron chi connectivity index (χ2n) is 7.72. The van der Waals surface area contributed by atoms with Gasteiger partial charge in [-0.3, -0.25) is 5.32 Å². The summed E-state index contributed by atoms with van der Waals surface area (Å²) < 4.78 is 12.6. The Bertz CT molecular complexity index is 711. The van der Waals surface area contributed by atoms with E-state index in [4.69, 9.17) is 9.47 Å². The van der Waals surface area contributed by atoms with Crippen LogP contribution in [0.3, 0.4) is 0 Å². The Morgan fingerprint density at radius 1 is 0.889 bits per heavy atom. The fourth-order valence-corrected chi connectivity index (χ4v) is 6.04. The molecule has 1 aliphatic carbocycles. The lowest BCUT2D eigenvalue weighted by Gasteiger charge is -2.25. The van der Waals surface area contributed by atoms with Crippen LogP contribution < -0.4 is 5.32 Å². The summed E-state index contributed by atoms with van der Waals surface area (Å²) in [5, 5.41) is 4.79. The van der Waals surface area contributed by atoms with Gasteiger partial charge in [-0.25, -0.2) is 0 Å². The van der Waals surface area contributed by atoms with E-state index in [0.29, 0.717) is 41.7 Å². The molecule has 2 aliphatic rings. The minimum absolute atomic E-state index is 0.234. The Hall–Kier alpha value is -1.33. The average molecular weight is 384 g/mol. The first-order valence-corrected chi connectivity index (χ1v) is 10.9. The SMILES string of the molecule is CC1NC2C(OCc3ccccc3)C(C)C(COCc3ccccc3)C2S1. The summed E-state index contributed by atoms with van der Waals surface area (Å²) in [7, 11) is 0. The van der Waals surface area contributed by atoms with Crippen molar-refractivity contribution in [3.05, 3.63) is 71.8 Å². The maximum atomic E-state index is 6.43. The molecule has 0 radical (unpaired) electrons. The van der Waals surface area contributed by atoms with E-state index in [9.17, 15) is 0 Å². The average Bonchev–Trinajstić information content (AvgIpc) is 3.17. The van der Waals surface area contributed by atoms with E-state index in [-0.39, 0.29) is 6.10 Å². The van der Waals surface area contributed by atoms with Crippen molar-refractivity contribution >= 4 is 11.8 Å². The highest BCUT2D eigenvalue weighted by Crippen LogP contribution is 2.46. The van der Waals surface area contributed by atoms with Crippen LogP contribution in [0, 0.1) is 11.8 Å². The molecule has 0 aromatic heterocycles. The molecular weight excluding hydrogens is 354 g/mol. The summed E-state index contributed by atoms with van der Waals surface area (Å²) in [5.74, 6) is 0.994. The third-order valence-corrected chi connectivity index (χ3v) is 7.32. The van der Waals surface area contributed by atoms with Crippen LogP contribution in [0.5, 0.6) is 0 Å². The second-order valence-corrected chi connectivity index (χ2v) is 9.24. The summed E-state index contributed by atoms with van der Waals surface area (Å²) in [5.41, 5.74) is 2.48. The molecule has 4 rings (SSSR count). The number of thioether (sulfide) groups is 1. The van der Waals surface area contributed by atoms with Crippen LogP contribution >= 0.6 is 11.8 Å². The fourth-order valence-electron chi connectivity index (χ4n) is 4.40. The lowest BCUT2D eigenvalue weighted by Crippen LogP contribution is -2.41. The van der Waals surface area contributed by atoms with E-state index in [2.05, 4.69) is 73.8 Å². The number of fused-ring (bicyclic) bond motifs is 1. The molecule has 6 unspecified atom stereocenters. The molecular formula is C23H29NO2S. The molecule has 1 aliphatic heterocycles. The molecule has 0 spiro atoms. The van der Waals surface area contributed by atoms with Crippen LogP contribution in [0.4, 0.5) is 0 Å². The van der Waals surface area contributed by atoms with Crippen molar-refractivity contribution in [2.45, 2.75) is 49.8 Å². The summed E-state index contributed by atoms with van der Waals surface area (Å²) >= 11 is 2.05. The quantitative estimate of drug-likeness (QED) is 0.764. The Balaban J connectivity index is 1.38. The van der Waals surface area contributed by atoms with Crippen molar-refractivity contribution in [2.24, 2.45) is 11.8 Å². The number of benzene rings is 2. The van der Waals surface area contributed by atoms with E-state index in [1.807, 2.05) is 17.8 Å². The molecule has 2 aromatic carbocycles. The third kappa shape index (κ3) is 4.40. The highest BCUT2D eigenvalue weighted by molar-refractivity contribution is 8.00. The minimum atomic E-state index is 0.234. The predicted octanol–water partition coefficient (Wildman–Crippen LogP) is 4.47. The maximum Gasteiger partial charge on any atom is 0.0773 e. The Labute approximate surface area is 166 Å². The summed E-state index contributed by atoms with van der Waals surface area (Å²) in [6.07, 6.45) is 0.234. The van der Waals surface area contributed by atoms with Crippen molar-refractivity contribution in [1.82, 2.24) is 5.32 Å². The Morgan fingerprint density at radius 2 is 1.52 bits per heavy atom. The van der Waals surface area contributed by atoms with Gasteiger partial charge in [0.25, 0.3) is 0 Å². The van der Waals surface area contributed by atoms with Gasteiger partial charge in [-0.05, 0) is 24.0 Å². The molecule has 144 valence electrons. The molecule has 3 nitrogen and oxygen atoms in total. The first-order chi connectivity index (χ1) is 13.2. The number of rotatable bonds is 7. The van der Waals surface area contributed by atoms with Crippen molar-refractivity contribution in [3.8, 4) is 0 Å².